The number of nitrogens with zero attached hydrogens (tertiary/aromatic N) is 2. The van der Waals surface area contributed by atoms with Crippen molar-refractivity contribution in [1.29, 1.82) is 0 Å². The number of para-hydroxylation sites is 1. The van der Waals surface area contributed by atoms with E-state index < -0.39 is 6.36 Å². The number of aryl methyl sites for hydroxylation is 1. The smallest absolute Gasteiger partial charge is 0.405 e. The van der Waals surface area contributed by atoms with Crippen LogP contribution in [0.2, 0.25) is 0 Å². The van der Waals surface area contributed by atoms with Crippen molar-refractivity contribution in [1.82, 2.24) is 9.78 Å². The number of hydrogen-bond donors (Lipinski definition) is 1. The predicted molar refractivity (Wildman–Crippen MR) is 94.0 cm³/mol. The van der Waals surface area contributed by atoms with Crippen LogP contribution in [-0.2, 0) is 0 Å². The third kappa shape index (κ3) is 4.95. The number of aldehydes is 1. The van der Waals surface area contributed by atoms with Gasteiger partial charge in [-0.15, -0.1) is 13.2 Å². The molecule has 3 aromatic rings. The lowest BCUT2D eigenvalue weighted by Gasteiger charge is -2.14. The van der Waals surface area contributed by atoms with Crippen LogP contribution in [0.3, 0.4) is 0 Å². The highest BCUT2D eigenvalue weighted by Gasteiger charge is 2.32. The number of hydrogen-bond acceptors (Lipinski definition) is 4. The second-order valence-corrected chi connectivity index (χ2v) is 5.33. The lowest BCUT2D eigenvalue weighted by atomic mass is 10.0. The molecule has 27 heavy (non-hydrogen) atoms. The molecule has 142 valence electrons. The Morgan fingerprint density at radius 1 is 1.07 bits per heavy atom. The highest BCUT2D eigenvalue weighted by Crippen LogP contribution is 2.34. The number of rotatable bonds is 4. The Kier molecular flexibility index (Phi) is 6.36. The lowest BCUT2D eigenvalue weighted by Crippen LogP contribution is -2.17. The fraction of sp³-hybridized carbons (Fsp3) is 0.158. The number of halogens is 3. The zero-order valence-corrected chi connectivity index (χ0v) is 14.6. The molecule has 0 atom stereocenters. The SMILES string of the molecule is CO.Cc1cc(C=O)nn1-c1cccc(-c2ccccc2OC(F)(F)F)c1. The van der Waals surface area contributed by atoms with Crippen molar-refractivity contribution in [3.8, 4) is 22.6 Å². The zero-order chi connectivity index (χ0) is 20.0. The first-order valence-corrected chi connectivity index (χ1v) is 7.79. The van der Waals surface area contributed by atoms with Crippen molar-refractivity contribution >= 4 is 6.29 Å². The van der Waals surface area contributed by atoms with Crippen LogP contribution in [0.5, 0.6) is 5.75 Å². The van der Waals surface area contributed by atoms with Crippen molar-refractivity contribution < 1.29 is 27.8 Å². The lowest BCUT2D eigenvalue weighted by molar-refractivity contribution is -0.274. The number of benzene rings is 2. The van der Waals surface area contributed by atoms with Gasteiger partial charge in [-0.25, -0.2) is 4.68 Å². The number of carbonyl (C=O) groups excluding carboxylic acids is 1. The van der Waals surface area contributed by atoms with Crippen molar-refractivity contribution in [3.05, 3.63) is 66.0 Å². The molecule has 1 N–H and O–H groups in total. The van der Waals surface area contributed by atoms with Crippen LogP contribution in [0.25, 0.3) is 16.8 Å². The number of aliphatic hydroxyl groups is 1. The van der Waals surface area contributed by atoms with Gasteiger partial charge < -0.3 is 9.84 Å². The largest absolute Gasteiger partial charge is 0.573 e. The molecule has 0 bridgehead atoms. The Bertz CT molecular complexity index is 921. The van der Waals surface area contributed by atoms with Gasteiger partial charge in [0.05, 0.1) is 5.69 Å². The Morgan fingerprint density at radius 3 is 2.41 bits per heavy atom. The first kappa shape index (κ1) is 20.2. The van der Waals surface area contributed by atoms with Crippen molar-refractivity contribution in [2.45, 2.75) is 13.3 Å². The molecule has 0 saturated heterocycles. The minimum Gasteiger partial charge on any atom is -0.405 e. The van der Waals surface area contributed by atoms with Gasteiger partial charge in [0.15, 0.2) is 6.29 Å². The molecule has 2 aromatic carbocycles. The van der Waals surface area contributed by atoms with Crippen LogP contribution in [-0.4, -0.2) is 34.6 Å². The molecule has 0 spiro atoms. The number of carbonyl (C=O) groups is 1. The minimum absolute atomic E-state index is 0.280. The number of ether oxygens (including phenoxy) is 1. The maximum atomic E-state index is 12.6. The molecule has 0 saturated carbocycles. The fourth-order valence-corrected chi connectivity index (χ4v) is 2.54. The van der Waals surface area contributed by atoms with Gasteiger partial charge >= 0.3 is 6.36 Å². The van der Waals surface area contributed by atoms with Gasteiger partial charge in [-0.3, -0.25) is 4.79 Å². The maximum Gasteiger partial charge on any atom is 0.573 e. The van der Waals surface area contributed by atoms with E-state index in [0.29, 0.717) is 23.1 Å². The molecular weight excluding hydrogens is 361 g/mol. The molecule has 5 nitrogen and oxygen atoms in total. The summed E-state index contributed by atoms with van der Waals surface area (Å²) in [5.41, 5.74) is 2.50. The van der Waals surface area contributed by atoms with E-state index in [2.05, 4.69) is 9.84 Å². The first-order chi connectivity index (χ1) is 12.9. The Morgan fingerprint density at radius 2 is 1.78 bits per heavy atom. The third-order valence-corrected chi connectivity index (χ3v) is 3.54. The van der Waals surface area contributed by atoms with Gasteiger partial charge in [0, 0.05) is 18.4 Å². The highest BCUT2D eigenvalue weighted by molar-refractivity contribution is 5.73. The van der Waals surface area contributed by atoms with E-state index in [9.17, 15) is 18.0 Å². The summed E-state index contributed by atoms with van der Waals surface area (Å²) in [6.07, 6.45) is -4.13. The number of aromatic nitrogens is 2. The molecule has 0 aliphatic rings. The summed E-state index contributed by atoms with van der Waals surface area (Å²) >= 11 is 0. The maximum absolute atomic E-state index is 12.6. The summed E-state index contributed by atoms with van der Waals surface area (Å²) in [5, 5.41) is 11.2. The van der Waals surface area contributed by atoms with Gasteiger partial charge in [-0.2, -0.15) is 5.10 Å². The van der Waals surface area contributed by atoms with E-state index in [-0.39, 0.29) is 11.4 Å². The summed E-state index contributed by atoms with van der Waals surface area (Å²) in [6.45, 7) is 1.79. The summed E-state index contributed by atoms with van der Waals surface area (Å²) in [7, 11) is 1.00. The average molecular weight is 378 g/mol. The van der Waals surface area contributed by atoms with Crippen LogP contribution in [0.4, 0.5) is 13.2 Å². The average Bonchev–Trinajstić information content (AvgIpc) is 3.04. The van der Waals surface area contributed by atoms with E-state index in [0.717, 1.165) is 12.8 Å². The predicted octanol–water partition coefficient (Wildman–Crippen LogP) is 4.17. The van der Waals surface area contributed by atoms with E-state index >= 15 is 0 Å². The van der Waals surface area contributed by atoms with E-state index in [1.807, 2.05) is 0 Å². The number of alkyl halides is 3. The zero-order valence-electron chi connectivity index (χ0n) is 14.6. The van der Waals surface area contributed by atoms with Gasteiger partial charge in [0.2, 0.25) is 0 Å². The summed E-state index contributed by atoms with van der Waals surface area (Å²) in [6, 6.07) is 14.4. The van der Waals surface area contributed by atoms with E-state index in [1.54, 1.807) is 54.1 Å². The molecule has 0 fully saturated rings. The molecule has 8 heteroatoms. The third-order valence-electron chi connectivity index (χ3n) is 3.54. The van der Waals surface area contributed by atoms with Crippen LogP contribution in [0.1, 0.15) is 16.2 Å². The van der Waals surface area contributed by atoms with Gasteiger partial charge in [0.1, 0.15) is 11.4 Å². The summed E-state index contributed by atoms with van der Waals surface area (Å²) in [4.78, 5) is 10.9. The van der Waals surface area contributed by atoms with Gasteiger partial charge in [-0.1, -0.05) is 30.3 Å². The molecule has 0 aliphatic heterocycles. The van der Waals surface area contributed by atoms with Crippen LogP contribution in [0.15, 0.2) is 54.6 Å². The number of aliphatic hydroxyl groups excluding tert-OH is 1. The van der Waals surface area contributed by atoms with Crippen LogP contribution < -0.4 is 4.74 Å². The molecule has 1 heterocycles. The Hall–Kier alpha value is -3.13. The molecule has 0 radical (unpaired) electrons. The molecule has 1 aromatic heterocycles. The highest BCUT2D eigenvalue weighted by atomic mass is 19.4. The summed E-state index contributed by atoms with van der Waals surface area (Å²) in [5.74, 6) is -0.280. The molecule has 0 amide bonds. The normalized spacial score (nSPS) is 10.7. The summed E-state index contributed by atoms with van der Waals surface area (Å²) < 4.78 is 43.5. The first-order valence-electron chi connectivity index (χ1n) is 7.79. The standard InChI is InChI=1S/C18H13F3N2O2.CH4O/c1-12-9-14(11-24)22-23(12)15-6-4-5-13(10-15)16-7-2-3-8-17(16)25-18(19,20)21;1-2/h2-11H,1H3;2H,1H3. The quantitative estimate of drug-likeness (QED) is 0.692. The van der Waals surface area contributed by atoms with Crippen LogP contribution >= 0.6 is 0 Å². The van der Waals surface area contributed by atoms with Crippen molar-refractivity contribution in [2.75, 3.05) is 7.11 Å². The van der Waals surface area contributed by atoms with E-state index in [1.165, 1.54) is 12.1 Å². The molecule has 3 rings (SSSR count). The topological polar surface area (TPSA) is 64.3 Å². The molecule has 0 unspecified atom stereocenters. The second-order valence-electron chi connectivity index (χ2n) is 5.33. The molecule has 0 aliphatic carbocycles. The minimum atomic E-state index is -4.77. The van der Waals surface area contributed by atoms with Gasteiger partial charge in [0.25, 0.3) is 0 Å². The van der Waals surface area contributed by atoms with Crippen molar-refractivity contribution in [3.63, 3.8) is 0 Å². The monoisotopic (exact) mass is 378 g/mol. The van der Waals surface area contributed by atoms with E-state index in [4.69, 9.17) is 5.11 Å². The fourth-order valence-electron chi connectivity index (χ4n) is 2.54. The second kappa shape index (κ2) is 8.50. The van der Waals surface area contributed by atoms with Crippen molar-refractivity contribution in [2.24, 2.45) is 0 Å². The van der Waals surface area contributed by atoms with Gasteiger partial charge in [-0.05, 0) is 36.8 Å². The Balaban J connectivity index is 0.00000126. The molecular formula is C19H17F3N2O3. The van der Waals surface area contributed by atoms with Crippen LogP contribution in [0, 0.1) is 6.92 Å². The Labute approximate surface area is 153 Å².